The second-order valence-electron chi connectivity index (χ2n) is 4.52. The lowest BCUT2D eigenvalue weighted by molar-refractivity contribution is 0.264. The third-order valence-corrected chi connectivity index (χ3v) is 3.81. The highest BCUT2D eigenvalue weighted by Gasteiger charge is 2.13. The maximum Gasteiger partial charge on any atom is 0.180 e. The molecule has 0 aliphatic rings. The first-order chi connectivity index (χ1) is 10.5. The van der Waals surface area contributed by atoms with Gasteiger partial charge in [0.25, 0.3) is 0 Å². The molecule has 0 bridgehead atoms. The molecule has 22 heavy (non-hydrogen) atoms. The van der Waals surface area contributed by atoms with Crippen LogP contribution in [0.3, 0.4) is 0 Å². The van der Waals surface area contributed by atoms with Gasteiger partial charge in [-0.05, 0) is 36.8 Å². The molecule has 2 rings (SSSR count). The standard InChI is InChI=1S/C16H15Cl3O3/c1-2-21-15-6-10(8-20)5-14(19)16(15)22-9-11-3-4-12(17)7-13(11)18/h3-7,20H,2,8-9H2,1H3. The third-order valence-electron chi connectivity index (χ3n) is 2.94. The Kier molecular flexibility index (Phi) is 6.21. The van der Waals surface area contributed by atoms with Crippen LogP contribution in [-0.2, 0) is 13.2 Å². The van der Waals surface area contributed by atoms with Crippen molar-refractivity contribution in [3.8, 4) is 11.5 Å². The Morgan fingerprint density at radius 3 is 2.41 bits per heavy atom. The Bertz CT molecular complexity index is 659. The predicted molar refractivity (Wildman–Crippen MR) is 89.3 cm³/mol. The van der Waals surface area contributed by atoms with Gasteiger partial charge in [-0.25, -0.2) is 0 Å². The van der Waals surface area contributed by atoms with Gasteiger partial charge in [0, 0.05) is 15.6 Å². The number of benzene rings is 2. The van der Waals surface area contributed by atoms with Gasteiger partial charge in [-0.2, -0.15) is 0 Å². The van der Waals surface area contributed by atoms with Crippen molar-refractivity contribution in [2.75, 3.05) is 6.61 Å². The van der Waals surface area contributed by atoms with Crippen LogP contribution in [0.2, 0.25) is 15.1 Å². The topological polar surface area (TPSA) is 38.7 Å². The van der Waals surface area contributed by atoms with Crippen molar-refractivity contribution in [1.82, 2.24) is 0 Å². The molecule has 0 aromatic heterocycles. The number of halogens is 3. The quantitative estimate of drug-likeness (QED) is 0.776. The molecule has 0 atom stereocenters. The molecule has 0 fully saturated rings. The van der Waals surface area contributed by atoms with E-state index in [4.69, 9.17) is 44.3 Å². The van der Waals surface area contributed by atoms with Crippen molar-refractivity contribution in [2.24, 2.45) is 0 Å². The van der Waals surface area contributed by atoms with Gasteiger partial charge in [0.1, 0.15) is 6.61 Å². The summed E-state index contributed by atoms with van der Waals surface area (Å²) in [5.74, 6) is 0.913. The van der Waals surface area contributed by atoms with E-state index in [1.165, 1.54) is 0 Å². The number of aliphatic hydroxyl groups excluding tert-OH is 1. The number of hydrogen-bond donors (Lipinski definition) is 1. The van der Waals surface area contributed by atoms with E-state index >= 15 is 0 Å². The fourth-order valence-corrected chi connectivity index (χ4v) is 2.66. The first-order valence-corrected chi connectivity index (χ1v) is 7.81. The minimum absolute atomic E-state index is 0.122. The van der Waals surface area contributed by atoms with Crippen LogP contribution in [0.15, 0.2) is 30.3 Å². The van der Waals surface area contributed by atoms with Crippen LogP contribution in [0.25, 0.3) is 0 Å². The number of rotatable bonds is 6. The third kappa shape index (κ3) is 4.20. The van der Waals surface area contributed by atoms with Crippen molar-refractivity contribution in [3.05, 3.63) is 56.5 Å². The summed E-state index contributed by atoms with van der Waals surface area (Å²) in [7, 11) is 0. The molecule has 0 amide bonds. The van der Waals surface area contributed by atoms with Crippen LogP contribution in [-0.4, -0.2) is 11.7 Å². The van der Waals surface area contributed by atoms with E-state index in [1.807, 2.05) is 6.92 Å². The van der Waals surface area contributed by atoms with Gasteiger partial charge in [0.2, 0.25) is 0 Å². The molecule has 0 saturated heterocycles. The van der Waals surface area contributed by atoms with Gasteiger partial charge in [-0.1, -0.05) is 40.9 Å². The van der Waals surface area contributed by atoms with Gasteiger partial charge in [0.05, 0.1) is 18.2 Å². The van der Waals surface area contributed by atoms with Crippen LogP contribution >= 0.6 is 34.8 Å². The molecule has 0 unspecified atom stereocenters. The second-order valence-corrected chi connectivity index (χ2v) is 5.77. The summed E-state index contributed by atoms with van der Waals surface area (Å²) in [6, 6.07) is 8.53. The maximum absolute atomic E-state index is 9.23. The van der Waals surface area contributed by atoms with Crippen LogP contribution in [0, 0.1) is 0 Å². The molecule has 0 heterocycles. The molecular formula is C16H15Cl3O3. The molecule has 1 N–H and O–H groups in total. The fourth-order valence-electron chi connectivity index (χ4n) is 1.90. The molecule has 0 spiro atoms. The summed E-state index contributed by atoms with van der Waals surface area (Å²) in [5, 5.41) is 10.7. The van der Waals surface area contributed by atoms with Crippen molar-refractivity contribution >= 4 is 34.8 Å². The van der Waals surface area contributed by atoms with E-state index in [9.17, 15) is 5.11 Å². The second kappa shape index (κ2) is 7.93. The Morgan fingerprint density at radius 1 is 1.00 bits per heavy atom. The molecule has 0 saturated carbocycles. The summed E-state index contributed by atoms with van der Waals surface area (Å²) in [6.45, 7) is 2.43. The molecule has 0 aliphatic carbocycles. The lowest BCUT2D eigenvalue weighted by Crippen LogP contribution is -2.02. The molecule has 2 aromatic carbocycles. The van der Waals surface area contributed by atoms with E-state index in [0.717, 1.165) is 5.56 Å². The summed E-state index contributed by atoms with van der Waals surface area (Å²) in [4.78, 5) is 0. The molecule has 0 aliphatic heterocycles. The Hall–Kier alpha value is -1.13. The summed E-state index contributed by atoms with van der Waals surface area (Å²) in [6.07, 6.45) is 0. The molecule has 118 valence electrons. The molecule has 6 heteroatoms. The molecule has 3 nitrogen and oxygen atoms in total. The van der Waals surface area contributed by atoms with Crippen molar-refractivity contribution in [2.45, 2.75) is 20.1 Å². The zero-order chi connectivity index (χ0) is 16.1. The van der Waals surface area contributed by atoms with Crippen molar-refractivity contribution in [1.29, 1.82) is 0 Å². The number of hydrogen-bond acceptors (Lipinski definition) is 3. The van der Waals surface area contributed by atoms with E-state index in [0.29, 0.717) is 38.7 Å². The lowest BCUT2D eigenvalue weighted by atomic mass is 10.2. The Balaban J connectivity index is 2.24. The highest BCUT2D eigenvalue weighted by molar-refractivity contribution is 6.35. The minimum Gasteiger partial charge on any atom is -0.490 e. The van der Waals surface area contributed by atoms with Gasteiger partial charge in [-0.15, -0.1) is 0 Å². The first kappa shape index (κ1) is 17.2. The largest absolute Gasteiger partial charge is 0.490 e. The number of ether oxygens (including phenoxy) is 2. The summed E-state index contributed by atoms with van der Waals surface area (Å²) >= 11 is 18.2. The summed E-state index contributed by atoms with van der Waals surface area (Å²) in [5.41, 5.74) is 1.45. The van der Waals surface area contributed by atoms with E-state index < -0.39 is 0 Å². The monoisotopic (exact) mass is 360 g/mol. The molecule has 2 aromatic rings. The zero-order valence-electron chi connectivity index (χ0n) is 11.9. The number of aliphatic hydroxyl groups is 1. The van der Waals surface area contributed by atoms with Gasteiger partial charge in [-0.3, -0.25) is 0 Å². The predicted octanol–water partition coefficient (Wildman–Crippen LogP) is 5.12. The maximum atomic E-state index is 9.23. The SMILES string of the molecule is CCOc1cc(CO)cc(Cl)c1OCc1ccc(Cl)cc1Cl. The van der Waals surface area contributed by atoms with E-state index in [2.05, 4.69) is 0 Å². The van der Waals surface area contributed by atoms with Crippen LogP contribution in [0.5, 0.6) is 11.5 Å². The summed E-state index contributed by atoms with van der Waals surface area (Å²) < 4.78 is 11.3. The van der Waals surface area contributed by atoms with E-state index in [-0.39, 0.29) is 13.2 Å². The Morgan fingerprint density at radius 2 is 1.77 bits per heavy atom. The Labute approximate surface area is 144 Å². The van der Waals surface area contributed by atoms with Gasteiger partial charge < -0.3 is 14.6 Å². The highest BCUT2D eigenvalue weighted by atomic mass is 35.5. The van der Waals surface area contributed by atoms with Crippen LogP contribution < -0.4 is 9.47 Å². The van der Waals surface area contributed by atoms with Crippen molar-refractivity contribution in [3.63, 3.8) is 0 Å². The highest BCUT2D eigenvalue weighted by Crippen LogP contribution is 2.37. The molecular weight excluding hydrogens is 347 g/mol. The van der Waals surface area contributed by atoms with Crippen molar-refractivity contribution < 1.29 is 14.6 Å². The van der Waals surface area contributed by atoms with Crippen LogP contribution in [0.1, 0.15) is 18.1 Å². The van der Waals surface area contributed by atoms with Gasteiger partial charge in [0.15, 0.2) is 11.5 Å². The molecule has 0 radical (unpaired) electrons. The normalized spacial score (nSPS) is 10.6. The zero-order valence-corrected chi connectivity index (χ0v) is 14.2. The average molecular weight is 362 g/mol. The first-order valence-electron chi connectivity index (χ1n) is 6.68. The van der Waals surface area contributed by atoms with Crippen LogP contribution in [0.4, 0.5) is 0 Å². The fraction of sp³-hybridized carbons (Fsp3) is 0.250. The average Bonchev–Trinajstić information content (AvgIpc) is 2.48. The minimum atomic E-state index is -0.122. The smallest absolute Gasteiger partial charge is 0.180 e. The van der Waals surface area contributed by atoms with Gasteiger partial charge >= 0.3 is 0 Å². The lowest BCUT2D eigenvalue weighted by Gasteiger charge is -2.15. The van der Waals surface area contributed by atoms with E-state index in [1.54, 1.807) is 30.3 Å².